The van der Waals surface area contributed by atoms with Crippen LogP contribution in [-0.2, 0) is 6.42 Å². The van der Waals surface area contributed by atoms with Gasteiger partial charge in [0.25, 0.3) is 11.8 Å². The quantitative estimate of drug-likeness (QED) is 0.481. The molecule has 4 rings (SSSR count). The Bertz CT molecular complexity index is 1070. The first-order valence-electron chi connectivity index (χ1n) is 11.7. The third-order valence-electron chi connectivity index (χ3n) is 6.89. The van der Waals surface area contributed by atoms with Crippen molar-refractivity contribution in [3.63, 3.8) is 0 Å². The molecule has 2 aromatic rings. The summed E-state index contributed by atoms with van der Waals surface area (Å²) in [4.78, 5) is 26.7. The molecule has 32 heavy (non-hydrogen) atoms. The van der Waals surface area contributed by atoms with Crippen LogP contribution < -0.4 is 0 Å². The van der Waals surface area contributed by atoms with E-state index in [2.05, 4.69) is 64.1 Å². The van der Waals surface area contributed by atoms with Crippen LogP contribution >= 0.6 is 0 Å². The van der Waals surface area contributed by atoms with E-state index in [1.54, 1.807) is 12.1 Å². The summed E-state index contributed by atoms with van der Waals surface area (Å²) in [5.74, 6) is -0.167. The SMILES string of the molecule is CC1=C(/C=C/c2cccc(CC(C)CN3C(=O)c4ccccc4C3=O)c2)C(C)(C)CCC1. The standard InChI is InChI=1S/C29H33NO2/c1-20(19-30-27(31)24-12-5-6-13-25(24)28(30)32)17-23-11-7-10-22(18-23)14-15-26-21(2)9-8-16-29(26,3)4/h5-7,10-15,18,20H,8-9,16-17,19H2,1-4H3/b15-14+. The number of hydrogen-bond acceptors (Lipinski definition) is 2. The van der Waals surface area contributed by atoms with E-state index in [4.69, 9.17) is 0 Å². The maximum absolute atomic E-state index is 12.7. The van der Waals surface area contributed by atoms with Gasteiger partial charge in [-0.15, -0.1) is 0 Å². The van der Waals surface area contributed by atoms with Crippen molar-refractivity contribution in [1.82, 2.24) is 4.90 Å². The first kappa shape index (κ1) is 22.3. The molecule has 2 aromatic carbocycles. The van der Waals surface area contributed by atoms with Crippen molar-refractivity contribution < 1.29 is 9.59 Å². The van der Waals surface area contributed by atoms with E-state index in [-0.39, 0.29) is 23.1 Å². The van der Waals surface area contributed by atoms with Crippen LogP contribution in [0.2, 0.25) is 0 Å². The van der Waals surface area contributed by atoms with Gasteiger partial charge >= 0.3 is 0 Å². The number of carbonyl (C=O) groups excluding carboxylic acids is 2. The number of nitrogens with zero attached hydrogens (tertiary/aromatic N) is 1. The zero-order valence-corrected chi connectivity index (χ0v) is 19.7. The summed E-state index contributed by atoms with van der Waals surface area (Å²) >= 11 is 0. The molecule has 166 valence electrons. The second-order valence-electron chi connectivity index (χ2n) is 10.1. The summed E-state index contributed by atoms with van der Waals surface area (Å²) < 4.78 is 0. The molecule has 2 aliphatic rings. The normalized spacial score (nSPS) is 19.1. The summed E-state index contributed by atoms with van der Waals surface area (Å²) in [6, 6.07) is 15.7. The van der Waals surface area contributed by atoms with Crippen molar-refractivity contribution in [2.45, 2.75) is 53.4 Å². The second-order valence-corrected chi connectivity index (χ2v) is 10.1. The summed E-state index contributed by atoms with van der Waals surface area (Å²) in [5, 5.41) is 0. The molecule has 2 amide bonds. The third-order valence-corrected chi connectivity index (χ3v) is 6.89. The third kappa shape index (κ3) is 4.48. The molecule has 0 fully saturated rings. The van der Waals surface area contributed by atoms with E-state index in [0.717, 1.165) is 6.42 Å². The van der Waals surface area contributed by atoms with Crippen molar-refractivity contribution in [1.29, 1.82) is 0 Å². The Balaban J connectivity index is 1.43. The topological polar surface area (TPSA) is 37.4 Å². The van der Waals surface area contributed by atoms with E-state index in [1.807, 2.05) is 12.1 Å². The van der Waals surface area contributed by atoms with Crippen molar-refractivity contribution in [2.75, 3.05) is 6.54 Å². The van der Waals surface area contributed by atoms with Gasteiger partial charge in [0.1, 0.15) is 0 Å². The number of hydrogen-bond donors (Lipinski definition) is 0. The Hall–Kier alpha value is -2.94. The molecule has 1 heterocycles. The first-order valence-corrected chi connectivity index (χ1v) is 11.7. The largest absolute Gasteiger partial charge is 0.274 e. The fraction of sp³-hybridized carbons (Fsp3) is 0.379. The highest BCUT2D eigenvalue weighted by Crippen LogP contribution is 2.41. The highest BCUT2D eigenvalue weighted by molar-refractivity contribution is 6.21. The molecule has 0 aromatic heterocycles. The van der Waals surface area contributed by atoms with E-state index in [0.29, 0.717) is 17.7 Å². The molecular formula is C29H33NO2. The predicted molar refractivity (Wildman–Crippen MR) is 130 cm³/mol. The molecule has 1 unspecified atom stereocenters. The number of allylic oxidation sites excluding steroid dienone is 3. The van der Waals surface area contributed by atoms with Gasteiger partial charge in [-0.25, -0.2) is 0 Å². The van der Waals surface area contributed by atoms with Gasteiger partial charge in [-0.1, -0.05) is 74.9 Å². The molecule has 0 spiro atoms. The lowest BCUT2D eigenvalue weighted by Gasteiger charge is -2.32. The molecule has 0 saturated carbocycles. The first-order chi connectivity index (χ1) is 15.3. The second kappa shape index (κ2) is 8.90. The highest BCUT2D eigenvalue weighted by atomic mass is 16.2. The molecule has 0 bridgehead atoms. The highest BCUT2D eigenvalue weighted by Gasteiger charge is 2.35. The lowest BCUT2D eigenvalue weighted by molar-refractivity contribution is 0.0632. The molecule has 1 aliphatic carbocycles. The Morgan fingerprint density at radius 1 is 1.00 bits per heavy atom. The van der Waals surface area contributed by atoms with Gasteiger partial charge in [-0.05, 0) is 72.8 Å². The molecule has 0 N–H and O–H groups in total. The van der Waals surface area contributed by atoms with Crippen molar-refractivity contribution in [2.24, 2.45) is 11.3 Å². The van der Waals surface area contributed by atoms with Crippen molar-refractivity contribution in [3.8, 4) is 0 Å². The van der Waals surface area contributed by atoms with Crippen LogP contribution in [0, 0.1) is 11.3 Å². The van der Waals surface area contributed by atoms with Crippen LogP contribution in [0.25, 0.3) is 6.08 Å². The maximum atomic E-state index is 12.7. The Labute approximate surface area is 191 Å². The lowest BCUT2D eigenvalue weighted by atomic mass is 9.72. The lowest BCUT2D eigenvalue weighted by Crippen LogP contribution is -2.34. The number of imide groups is 1. The number of carbonyl (C=O) groups is 2. The van der Waals surface area contributed by atoms with Gasteiger partial charge in [0.05, 0.1) is 11.1 Å². The monoisotopic (exact) mass is 427 g/mol. The fourth-order valence-corrected chi connectivity index (χ4v) is 5.20. The van der Waals surface area contributed by atoms with Gasteiger partial charge in [0.2, 0.25) is 0 Å². The minimum absolute atomic E-state index is 0.173. The van der Waals surface area contributed by atoms with E-state index < -0.39 is 0 Å². The smallest absolute Gasteiger partial charge is 0.261 e. The van der Waals surface area contributed by atoms with Gasteiger partial charge in [0, 0.05) is 6.54 Å². The average Bonchev–Trinajstić information content (AvgIpc) is 2.98. The number of benzene rings is 2. The number of amides is 2. The Kier molecular flexibility index (Phi) is 6.19. The van der Waals surface area contributed by atoms with Crippen LogP contribution in [0.15, 0.2) is 65.8 Å². The molecule has 3 heteroatoms. The van der Waals surface area contributed by atoms with Crippen LogP contribution in [0.1, 0.15) is 78.8 Å². The molecule has 3 nitrogen and oxygen atoms in total. The van der Waals surface area contributed by atoms with Gasteiger partial charge in [-0.2, -0.15) is 0 Å². The van der Waals surface area contributed by atoms with Gasteiger partial charge in [-0.3, -0.25) is 14.5 Å². The van der Waals surface area contributed by atoms with Crippen LogP contribution in [0.5, 0.6) is 0 Å². The Morgan fingerprint density at radius 3 is 2.34 bits per heavy atom. The molecular weight excluding hydrogens is 394 g/mol. The minimum atomic E-state index is -0.173. The van der Waals surface area contributed by atoms with Gasteiger partial charge in [0.15, 0.2) is 0 Å². The molecule has 1 atom stereocenters. The predicted octanol–water partition coefficient (Wildman–Crippen LogP) is 6.70. The summed E-state index contributed by atoms with van der Waals surface area (Å²) in [6.07, 6.45) is 9.05. The zero-order chi connectivity index (χ0) is 22.9. The van der Waals surface area contributed by atoms with Crippen LogP contribution in [0.4, 0.5) is 0 Å². The number of rotatable bonds is 6. The Morgan fingerprint density at radius 2 is 1.69 bits per heavy atom. The van der Waals surface area contributed by atoms with Crippen LogP contribution in [0.3, 0.4) is 0 Å². The zero-order valence-electron chi connectivity index (χ0n) is 19.7. The summed E-state index contributed by atoms with van der Waals surface area (Å²) in [5.41, 5.74) is 6.66. The summed E-state index contributed by atoms with van der Waals surface area (Å²) in [6.45, 7) is 9.48. The number of fused-ring (bicyclic) bond motifs is 1. The fourth-order valence-electron chi connectivity index (χ4n) is 5.20. The van der Waals surface area contributed by atoms with E-state index >= 15 is 0 Å². The van der Waals surface area contributed by atoms with E-state index in [1.165, 1.54) is 46.4 Å². The van der Waals surface area contributed by atoms with Crippen molar-refractivity contribution >= 4 is 17.9 Å². The summed E-state index contributed by atoms with van der Waals surface area (Å²) in [7, 11) is 0. The molecule has 0 radical (unpaired) electrons. The molecule has 1 aliphatic heterocycles. The maximum Gasteiger partial charge on any atom is 0.261 e. The minimum Gasteiger partial charge on any atom is -0.274 e. The van der Waals surface area contributed by atoms with Crippen molar-refractivity contribution in [3.05, 3.63) is 88.0 Å². The van der Waals surface area contributed by atoms with E-state index in [9.17, 15) is 9.59 Å². The van der Waals surface area contributed by atoms with Gasteiger partial charge < -0.3 is 0 Å². The molecule has 0 saturated heterocycles. The van der Waals surface area contributed by atoms with Crippen LogP contribution in [-0.4, -0.2) is 23.3 Å². The average molecular weight is 428 g/mol.